The molecule has 0 aromatic heterocycles. The lowest BCUT2D eigenvalue weighted by atomic mass is 10.2. The van der Waals surface area contributed by atoms with Crippen LogP contribution in [0.1, 0.15) is 15.9 Å². The summed E-state index contributed by atoms with van der Waals surface area (Å²) in [4.78, 5) is 35.2. The number of anilines is 1. The van der Waals surface area contributed by atoms with Crippen LogP contribution in [-0.4, -0.2) is 31.4 Å². The monoisotopic (exact) mass is 374 g/mol. The van der Waals surface area contributed by atoms with Crippen LogP contribution >= 0.6 is 11.6 Å². The zero-order chi connectivity index (χ0) is 18.9. The van der Waals surface area contributed by atoms with Crippen molar-refractivity contribution in [2.75, 3.05) is 18.9 Å². The highest BCUT2D eigenvalue weighted by Crippen LogP contribution is 2.22. The normalized spacial score (nSPS) is 9.92. The zero-order valence-corrected chi connectivity index (χ0v) is 14.9. The molecule has 2 rings (SSSR count). The molecule has 7 nitrogen and oxygen atoms in total. The van der Waals surface area contributed by atoms with E-state index in [1.807, 2.05) is 30.3 Å². The van der Waals surface area contributed by atoms with Gasteiger partial charge in [0.2, 0.25) is 5.91 Å². The van der Waals surface area contributed by atoms with Crippen molar-refractivity contribution in [1.29, 1.82) is 0 Å². The van der Waals surface area contributed by atoms with Crippen LogP contribution in [0.15, 0.2) is 48.5 Å². The maximum absolute atomic E-state index is 11.9. The Kier molecular flexibility index (Phi) is 6.99. The van der Waals surface area contributed by atoms with Crippen LogP contribution in [0.25, 0.3) is 0 Å². The number of nitrogens with one attached hydrogen (secondary N) is 4. The van der Waals surface area contributed by atoms with Gasteiger partial charge in [0.1, 0.15) is 0 Å². The number of imide groups is 1. The van der Waals surface area contributed by atoms with Crippen molar-refractivity contribution in [3.8, 4) is 0 Å². The zero-order valence-electron chi connectivity index (χ0n) is 14.1. The molecule has 0 bridgehead atoms. The summed E-state index contributed by atoms with van der Waals surface area (Å²) in [5.74, 6) is -0.800. The Morgan fingerprint density at radius 3 is 2.46 bits per heavy atom. The number of hydrogen-bond donors (Lipinski definition) is 4. The Morgan fingerprint density at radius 2 is 1.77 bits per heavy atom. The van der Waals surface area contributed by atoms with E-state index in [-0.39, 0.29) is 12.5 Å². The molecule has 136 valence electrons. The molecule has 4 N–H and O–H groups in total. The van der Waals surface area contributed by atoms with Gasteiger partial charge in [0, 0.05) is 19.2 Å². The lowest BCUT2D eigenvalue weighted by molar-refractivity contribution is -0.118. The van der Waals surface area contributed by atoms with Gasteiger partial charge < -0.3 is 16.0 Å². The van der Waals surface area contributed by atoms with Crippen molar-refractivity contribution in [1.82, 2.24) is 16.0 Å². The Labute approximate surface area is 156 Å². The van der Waals surface area contributed by atoms with E-state index >= 15 is 0 Å². The predicted octanol–water partition coefficient (Wildman–Crippen LogP) is 2.14. The van der Waals surface area contributed by atoms with E-state index in [1.54, 1.807) is 12.1 Å². The largest absolute Gasteiger partial charge is 0.375 e. The number of amides is 4. The molecule has 0 fully saturated rings. The molecule has 0 unspecified atom stereocenters. The summed E-state index contributed by atoms with van der Waals surface area (Å²) in [6.45, 7) is 0.142. The van der Waals surface area contributed by atoms with E-state index in [9.17, 15) is 14.4 Å². The average molecular weight is 375 g/mol. The van der Waals surface area contributed by atoms with Crippen LogP contribution in [0.2, 0.25) is 5.02 Å². The first-order valence-electron chi connectivity index (χ1n) is 7.86. The third kappa shape index (κ3) is 5.78. The van der Waals surface area contributed by atoms with Crippen LogP contribution in [-0.2, 0) is 11.3 Å². The Bertz CT molecular complexity index is 796. The first kappa shape index (κ1) is 19.3. The smallest absolute Gasteiger partial charge is 0.321 e. The quantitative estimate of drug-likeness (QED) is 0.622. The molecule has 0 saturated heterocycles. The molecule has 0 heterocycles. The van der Waals surface area contributed by atoms with Crippen molar-refractivity contribution in [3.63, 3.8) is 0 Å². The molecule has 0 aliphatic heterocycles. The molecule has 26 heavy (non-hydrogen) atoms. The van der Waals surface area contributed by atoms with Gasteiger partial charge in [-0.05, 0) is 23.8 Å². The van der Waals surface area contributed by atoms with Crippen LogP contribution < -0.4 is 21.3 Å². The average Bonchev–Trinajstić information content (AvgIpc) is 2.66. The topological polar surface area (TPSA) is 99.3 Å². The highest BCUT2D eigenvalue weighted by atomic mass is 35.5. The molecule has 0 radical (unpaired) electrons. The Balaban J connectivity index is 1.83. The van der Waals surface area contributed by atoms with Crippen LogP contribution in [0.5, 0.6) is 0 Å². The fourth-order valence-electron chi connectivity index (χ4n) is 2.12. The minimum absolute atomic E-state index is 0.171. The summed E-state index contributed by atoms with van der Waals surface area (Å²) in [5, 5.41) is 10.5. The fourth-order valence-corrected chi connectivity index (χ4v) is 2.30. The summed E-state index contributed by atoms with van der Waals surface area (Å²) in [7, 11) is 1.52. The Hall–Kier alpha value is -3.06. The van der Waals surface area contributed by atoms with Gasteiger partial charge in [-0.1, -0.05) is 41.9 Å². The van der Waals surface area contributed by atoms with E-state index in [0.29, 0.717) is 22.8 Å². The molecule has 2 aromatic rings. The first-order chi connectivity index (χ1) is 12.5. The van der Waals surface area contributed by atoms with E-state index in [0.717, 1.165) is 5.56 Å². The van der Waals surface area contributed by atoms with Crippen LogP contribution in [0, 0.1) is 0 Å². The SMILES string of the molecule is CNC(=O)c1ccc(Cl)c(NCC(=O)NC(=O)NCc2ccccc2)c1. The van der Waals surface area contributed by atoms with Crippen molar-refractivity contribution in [3.05, 3.63) is 64.7 Å². The highest BCUT2D eigenvalue weighted by Gasteiger charge is 2.10. The molecule has 0 spiro atoms. The van der Waals surface area contributed by atoms with E-state index in [2.05, 4.69) is 21.3 Å². The number of rotatable bonds is 6. The maximum Gasteiger partial charge on any atom is 0.321 e. The summed E-state index contributed by atoms with van der Waals surface area (Å²) in [6.07, 6.45) is 0. The first-order valence-corrected chi connectivity index (χ1v) is 8.24. The molecule has 0 aliphatic carbocycles. The van der Waals surface area contributed by atoms with Crippen molar-refractivity contribution >= 4 is 35.1 Å². The van der Waals surface area contributed by atoms with Gasteiger partial charge in [-0.2, -0.15) is 0 Å². The number of carbonyl (C=O) groups excluding carboxylic acids is 3. The molecule has 8 heteroatoms. The third-order valence-corrected chi connectivity index (χ3v) is 3.77. The summed E-state index contributed by atoms with van der Waals surface area (Å²) >= 11 is 6.05. The summed E-state index contributed by atoms with van der Waals surface area (Å²) in [5.41, 5.74) is 1.75. The molecule has 0 atom stereocenters. The number of carbonyl (C=O) groups is 3. The van der Waals surface area contributed by atoms with Gasteiger partial charge >= 0.3 is 6.03 Å². The molecular formula is C18H19ClN4O3. The second-order valence-electron chi connectivity index (χ2n) is 5.34. The lowest BCUT2D eigenvalue weighted by Crippen LogP contribution is -2.41. The summed E-state index contributed by atoms with van der Waals surface area (Å²) in [6, 6.07) is 13.4. The molecule has 0 saturated carbocycles. The third-order valence-electron chi connectivity index (χ3n) is 3.44. The number of hydrogen-bond acceptors (Lipinski definition) is 4. The van der Waals surface area contributed by atoms with Crippen molar-refractivity contribution in [2.45, 2.75) is 6.54 Å². The number of urea groups is 1. The van der Waals surface area contributed by atoms with E-state index < -0.39 is 11.9 Å². The molecule has 2 aromatic carbocycles. The van der Waals surface area contributed by atoms with Crippen LogP contribution in [0.4, 0.5) is 10.5 Å². The standard InChI is InChI=1S/C18H19ClN4O3/c1-20-17(25)13-7-8-14(19)15(9-13)21-11-16(24)23-18(26)22-10-12-5-3-2-4-6-12/h2-9,21H,10-11H2,1H3,(H,20,25)(H2,22,23,24,26). The fraction of sp³-hybridized carbons (Fsp3) is 0.167. The summed E-state index contributed by atoms with van der Waals surface area (Å²) < 4.78 is 0. The van der Waals surface area contributed by atoms with Gasteiger partial charge in [-0.3, -0.25) is 14.9 Å². The van der Waals surface area contributed by atoms with E-state index in [4.69, 9.17) is 11.6 Å². The number of benzene rings is 2. The second-order valence-corrected chi connectivity index (χ2v) is 5.75. The van der Waals surface area contributed by atoms with Crippen molar-refractivity contribution < 1.29 is 14.4 Å². The van der Waals surface area contributed by atoms with E-state index in [1.165, 1.54) is 13.1 Å². The Morgan fingerprint density at radius 1 is 1.04 bits per heavy atom. The van der Waals surface area contributed by atoms with Gasteiger partial charge in [0.15, 0.2) is 0 Å². The minimum Gasteiger partial charge on any atom is -0.375 e. The highest BCUT2D eigenvalue weighted by molar-refractivity contribution is 6.33. The van der Waals surface area contributed by atoms with Crippen molar-refractivity contribution in [2.24, 2.45) is 0 Å². The maximum atomic E-state index is 11.9. The molecular weight excluding hydrogens is 356 g/mol. The van der Waals surface area contributed by atoms with Gasteiger partial charge in [0.25, 0.3) is 5.91 Å². The predicted molar refractivity (Wildman–Crippen MR) is 100 cm³/mol. The van der Waals surface area contributed by atoms with Gasteiger partial charge in [0.05, 0.1) is 17.3 Å². The molecule has 0 aliphatic rings. The second kappa shape index (κ2) is 9.43. The molecule has 4 amide bonds. The lowest BCUT2D eigenvalue weighted by Gasteiger charge is -2.11. The van der Waals surface area contributed by atoms with Gasteiger partial charge in [-0.25, -0.2) is 4.79 Å². The minimum atomic E-state index is -0.592. The van der Waals surface area contributed by atoms with Gasteiger partial charge in [-0.15, -0.1) is 0 Å². The number of halogens is 1. The van der Waals surface area contributed by atoms with Crippen LogP contribution in [0.3, 0.4) is 0 Å².